The number of hydrogen-bond acceptors (Lipinski definition) is 4. The summed E-state index contributed by atoms with van der Waals surface area (Å²) < 4.78 is 11.6. The molecule has 2 aliphatic heterocycles. The first-order chi connectivity index (χ1) is 16.8. The Morgan fingerprint density at radius 3 is 2.94 bits per heavy atom. The Balaban J connectivity index is 1.20. The van der Waals surface area contributed by atoms with Crippen molar-refractivity contribution < 1.29 is 9.47 Å². The van der Waals surface area contributed by atoms with Crippen LogP contribution >= 0.6 is 0 Å². The number of rotatable bonds is 4. The molecule has 1 aliphatic carbocycles. The molecule has 3 aromatic rings. The lowest BCUT2D eigenvalue weighted by Crippen LogP contribution is -2.47. The van der Waals surface area contributed by atoms with Gasteiger partial charge < -0.3 is 14.8 Å². The van der Waals surface area contributed by atoms with Crippen LogP contribution in [-0.4, -0.2) is 24.7 Å². The van der Waals surface area contributed by atoms with E-state index in [1.165, 1.54) is 31.3 Å². The first-order valence-corrected chi connectivity index (χ1v) is 12.5. The van der Waals surface area contributed by atoms with Crippen LogP contribution in [0.25, 0.3) is 5.57 Å². The molecule has 174 valence electrons. The molecule has 3 aliphatic rings. The van der Waals surface area contributed by atoms with Gasteiger partial charge in [-0.3, -0.25) is 4.98 Å². The number of ether oxygens (including phenoxy) is 2. The van der Waals surface area contributed by atoms with Gasteiger partial charge in [0.25, 0.3) is 0 Å². The maximum Gasteiger partial charge on any atom is 0.131 e. The molecule has 2 unspecified atom stereocenters. The molecule has 1 N–H and O–H groups in total. The van der Waals surface area contributed by atoms with Crippen molar-refractivity contribution in [2.75, 3.05) is 13.7 Å². The Bertz CT molecular complexity index is 1220. The molecule has 34 heavy (non-hydrogen) atoms. The number of benzene rings is 2. The molecule has 2 aromatic carbocycles. The van der Waals surface area contributed by atoms with Crippen molar-refractivity contribution in [3.8, 4) is 11.5 Å². The van der Waals surface area contributed by atoms with Crippen LogP contribution in [0, 0.1) is 0 Å². The molecule has 4 nitrogen and oxygen atoms in total. The van der Waals surface area contributed by atoms with Crippen LogP contribution in [0.3, 0.4) is 0 Å². The predicted octanol–water partition coefficient (Wildman–Crippen LogP) is 5.83. The minimum Gasteiger partial charge on any atom is -0.497 e. The smallest absolute Gasteiger partial charge is 0.131 e. The highest BCUT2D eigenvalue weighted by atomic mass is 16.5. The van der Waals surface area contributed by atoms with Crippen molar-refractivity contribution in [1.29, 1.82) is 0 Å². The van der Waals surface area contributed by atoms with E-state index in [-0.39, 0.29) is 0 Å². The fraction of sp³-hybridized carbons (Fsp3) is 0.367. The first kappa shape index (κ1) is 21.4. The Hall–Kier alpha value is -3.11. The normalized spacial score (nSPS) is 24.1. The molecule has 6 rings (SSSR count). The molecule has 1 saturated heterocycles. The second kappa shape index (κ2) is 8.92. The van der Waals surface area contributed by atoms with E-state index in [0.717, 1.165) is 47.7 Å². The summed E-state index contributed by atoms with van der Waals surface area (Å²) in [5.41, 5.74) is 7.94. The highest BCUT2D eigenvalue weighted by Gasteiger charge is 2.41. The number of allylic oxidation sites excluding steroid dienone is 1. The van der Waals surface area contributed by atoms with Crippen molar-refractivity contribution >= 4 is 5.57 Å². The van der Waals surface area contributed by atoms with E-state index >= 15 is 0 Å². The Kier molecular flexibility index (Phi) is 5.62. The zero-order chi connectivity index (χ0) is 23.0. The molecule has 0 bridgehead atoms. The van der Waals surface area contributed by atoms with Crippen LogP contribution in [-0.2, 0) is 18.4 Å². The molecule has 1 spiro atoms. The molecule has 2 atom stereocenters. The highest BCUT2D eigenvalue weighted by Crippen LogP contribution is 2.44. The van der Waals surface area contributed by atoms with Gasteiger partial charge in [-0.05, 0) is 79.5 Å². The van der Waals surface area contributed by atoms with E-state index in [1.54, 1.807) is 18.2 Å². The molecule has 4 heteroatoms. The van der Waals surface area contributed by atoms with Crippen molar-refractivity contribution in [1.82, 2.24) is 10.3 Å². The highest BCUT2D eigenvalue weighted by molar-refractivity contribution is 5.85. The summed E-state index contributed by atoms with van der Waals surface area (Å²) in [7, 11) is 1.71. The Morgan fingerprint density at radius 1 is 1.12 bits per heavy atom. The van der Waals surface area contributed by atoms with Gasteiger partial charge in [0.15, 0.2) is 0 Å². The average molecular weight is 453 g/mol. The summed E-state index contributed by atoms with van der Waals surface area (Å²) >= 11 is 0. The van der Waals surface area contributed by atoms with Gasteiger partial charge >= 0.3 is 0 Å². The largest absolute Gasteiger partial charge is 0.497 e. The van der Waals surface area contributed by atoms with E-state index in [0.29, 0.717) is 18.1 Å². The van der Waals surface area contributed by atoms with E-state index in [1.807, 2.05) is 24.4 Å². The van der Waals surface area contributed by atoms with Gasteiger partial charge in [0.2, 0.25) is 0 Å². The molecule has 1 aromatic heterocycles. The average Bonchev–Trinajstić information content (AvgIpc) is 3.16. The van der Waals surface area contributed by atoms with Crippen molar-refractivity contribution in [3.63, 3.8) is 0 Å². The van der Waals surface area contributed by atoms with Crippen LogP contribution in [0.1, 0.15) is 60.1 Å². The van der Waals surface area contributed by atoms with Crippen LogP contribution in [0.4, 0.5) is 0 Å². The van der Waals surface area contributed by atoms with Crippen molar-refractivity contribution in [2.24, 2.45) is 0 Å². The zero-order valence-electron chi connectivity index (χ0n) is 19.8. The second-order valence-electron chi connectivity index (χ2n) is 9.90. The Labute approximate surface area is 202 Å². The lowest BCUT2D eigenvalue weighted by atomic mass is 9.74. The lowest BCUT2D eigenvalue weighted by Gasteiger charge is -2.39. The fourth-order valence-corrected chi connectivity index (χ4v) is 6.15. The van der Waals surface area contributed by atoms with Crippen LogP contribution in [0.15, 0.2) is 66.9 Å². The van der Waals surface area contributed by atoms with E-state index < -0.39 is 0 Å². The summed E-state index contributed by atoms with van der Waals surface area (Å²) in [6, 6.07) is 19.9. The maximum atomic E-state index is 6.11. The molecule has 3 heterocycles. The summed E-state index contributed by atoms with van der Waals surface area (Å²) in [5.74, 6) is 1.74. The third kappa shape index (κ3) is 3.80. The number of aromatic nitrogens is 1. The van der Waals surface area contributed by atoms with Crippen LogP contribution in [0.2, 0.25) is 0 Å². The molecule has 1 fully saturated rings. The maximum absolute atomic E-state index is 6.11. The van der Waals surface area contributed by atoms with Crippen molar-refractivity contribution in [3.05, 3.63) is 94.8 Å². The number of piperidine rings is 1. The van der Waals surface area contributed by atoms with Crippen molar-refractivity contribution in [2.45, 2.75) is 56.6 Å². The number of fused-ring (bicyclic) bond motifs is 4. The number of methoxy groups -OCH3 is 1. The minimum atomic E-state index is 0.351. The van der Waals surface area contributed by atoms with Gasteiger partial charge in [0.05, 0.1) is 12.8 Å². The van der Waals surface area contributed by atoms with Gasteiger partial charge in [-0.25, -0.2) is 0 Å². The lowest BCUT2D eigenvalue weighted by molar-refractivity contribution is 0.255. The number of nitrogens with zero attached hydrogens (tertiary/aromatic N) is 1. The van der Waals surface area contributed by atoms with Gasteiger partial charge in [-0.2, -0.15) is 0 Å². The van der Waals surface area contributed by atoms with Crippen LogP contribution in [0.5, 0.6) is 11.5 Å². The number of aryl methyl sites for hydroxylation is 1. The van der Waals surface area contributed by atoms with Gasteiger partial charge in [0, 0.05) is 35.3 Å². The number of nitrogens with one attached hydrogen (secondary N) is 1. The topological polar surface area (TPSA) is 43.4 Å². The van der Waals surface area contributed by atoms with Gasteiger partial charge in [-0.15, -0.1) is 0 Å². The zero-order valence-corrected chi connectivity index (χ0v) is 19.8. The summed E-state index contributed by atoms with van der Waals surface area (Å²) in [6.07, 6.45) is 11.4. The summed E-state index contributed by atoms with van der Waals surface area (Å²) in [5, 5.41) is 3.91. The molecular formula is C30H32N2O2. The standard InChI is InChI=1S/C30H32N2O2/c1-33-23-11-12-29-26(18-23)24(25-9-5-17-31-28(25)19-34-29)8-4-7-22-14-16-30(20-32-22)15-13-21-6-2-3-10-27(21)30/h2-3,5-6,8-12,17-18,22,32H,4,7,13-16,19-20H2,1H3/b24-8+. The number of hydrogen-bond donors (Lipinski definition) is 1. The molecule has 0 radical (unpaired) electrons. The quantitative estimate of drug-likeness (QED) is 0.541. The molecular weight excluding hydrogens is 420 g/mol. The van der Waals surface area contributed by atoms with E-state index in [9.17, 15) is 0 Å². The third-order valence-corrected chi connectivity index (χ3v) is 8.05. The molecule has 0 amide bonds. The van der Waals surface area contributed by atoms with Crippen LogP contribution < -0.4 is 14.8 Å². The third-order valence-electron chi connectivity index (χ3n) is 8.05. The van der Waals surface area contributed by atoms with Gasteiger partial charge in [-0.1, -0.05) is 36.4 Å². The van der Waals surface area contributed by atoms with Gasteiger partial charge in [0.1, 0.15) is 18.1 Å². The van der Waals surface area contributed by atoms with E-state index in [4.69, 9.17) is 9.47 Å². The predicted molar refractivity (Wildman–Crippen MR) is 135 cm³/mol. The molecule has 0 saturated carbocycles. The SMILES string of the molecule is COc1ccc2c(c1)/C(=C/CCC1CCC3(CCc4ccccc43)CN1)c1cccnc1CO2. The summed E-state index contributed by atoms with van der Waals surface area (Å²) in [4.78, 5) is 4.60. The fourth-order valence-electron chi connectivity index (χ4n) is 6.15. The first-order valence-electron chi connectivity index (χ1n) is 12.5. The second-order valence-corrected chi connectivity index (χ2v) is 9.90. The monoisotopic (exact) mass is 452 g/mol. The minimum absolute atomic E-state index is 0.351. The number of pyridine rings is 1. The Morgan fingerprint density at radius 2 is 2.06 bits per heavy atom. The summed E-state index contributed by atoms with van der Waals surface area (Å²) in [6.45, 7) is 1.59. The van der Waals surface area contributed by atoms with E-state index in [2.05, 4.69) is 52.8 Å².